The van der Waals surface area contributed by atoms with Crippen molar-refractivity contribution >= 4 is 24.3 Å². The number of nitrogens with zero attached hydrogens (tertiary/aromatic N) is 1. The second kappa shape index (κ2) is 8.44. The van der Waals surface area contributed by atoms with Crippen LogP contribution in [0.3, 0.4) is 0 Å². The van der Waals surface area contributed by atoms with Gasteiger partial charge in [-0.1, -0.05) is 0 Å². The smallest absolute Gasteiger partial charge is 0.308 e. The quantitative estimate of drug-likeness (QED) is 0.742. The van der Waals surface area contributed by atoms with Gasteiger partial charge >= 0.3 is 5.97 Å². The first-order chi connectivity index (χ1) is 9.20. The lowest BCUT2D eigenvalue weighted by molar-refractivity contribution is -0.150. The van der Waals surface area contributed by atoms with Crippen LogP contribution < -0.4 is 5.32 Å². The Balaban J connectivity index is 0.00000200. The molecule has 2 fully saturated rings. The standard InChI is InChI=1S/C13H22N2O4.ClH/c1-2-15-6-5-14-11(13(15)17)8-12(16)19-9-10-4-3-7-18-10;/h10-11,14H,2-9H2,1H3;1H. The van der Waals surface area contributed by atoms with Gasteiger partial charge in [-0.15, -0.1) is 12.4 Å². The van der Waals surface area contributed by atoms with Crippen molar-refractivity contribution in [3.05, 3.63) is 0 Å². The Kier molecular flexibility index (Phi) is 7.26. The van der Waals surface area contributed by atoms with Crippen molar-refractivity contribution in [2.45, 2.75) is 38.3 Å². The molecule has 0 aromatic heterocycles. The number of piperazine rings is 1. The predicted octanol–water partition coefficient (Wildman–Crippen LogP) is 0.341. The Bertz CT molecular complexity index is 334. The third kappa shape index (κ3) is 4.61. The largest absolute Gasteiger partial charge is 0.463 e. The minimum absolute atomic E-state index is 0. The van der Waals surface area contributed by atoms with Crippen molar-refractivity contribution < 1.29 is 19.1 Å². The van der Waals surface area contributed by atoms with E-state index in [9.17, 15) is 9.59 Å². The van der Waals surface area contributed by atoms with Crippen LogP contribution in [0.2, 0.25) is 0 Å². The summed E-state index contributed by atoms with van der Waals surface area (Å²) < 4.78 is 10.6. The number of carbonyl (C=O) groups excluding carboxylic acids is 2. The fourth-order valence-corrected chi connectivity index (χ4v) is 2.45. The number of halogens is 1. The van der Waals surface area contributed by atoms with Gasteiger partial charge in [0.1, 0.15) is 6.61 Å². The third-order valence-electron chi connectivity index (χ3n) is 3.59. The van der Waals surface area contributed by atoms with E-state index in [4.69, 9.17) is 9.47 Å². The van der Waals surface area contributed by atoms with E-state index in [0.717, 1.165) is 26.0 Å². The molecule has 2 saturated heterocycles. The number of likely N-dealkylation sites (N-methyl/N-ethyl adjacent to an activating group) is 1. The van der Waals surface area contributed by atoms with Gasteiger partial charge in [-0.05, 0) is 19.8 Å². The van der Waals surface area contributed by atoms with Crippen LogP contribution in [0.5, 0.6) is 0 Å². The maximum Gasteiger partial charge on any atom is 0.308 e. The van der Waals surface area contributed by atoms with Gasteiger partial charge in [-0.2, -0.15) is 0 Å². The molecule has 2 aliphatic rings. The van der Waals surface area contributed by atoms with E-state index in [1.807, 2.05) is 6.92 Å². The van der Waals surface area contributed by atoms with Crippen molar-refractivity contribution in [1.29, 1.82) is 0 Å². The number of carbonyl (C=O) groups is 2. The third-order valence-corrected chi connectivity index (χ3v) is 3.59. The van der Waals surface area contributed by atoms with E-state index >= 15 is 0 Å². The zero-order valence-electron chi connectivity index (χ0n) is 11.8. The highest BCUT2D eigenvalue weighted by molar-refractivity contribution is 5.87. The molecule has 1 N–H and O–H groups in total. The van der Waals surface area contributed by atoms with Crippen LogP contribution in [0.4, 0.5) is 0 Å². The Morgan fingerprint density at radius 1 is 1.55 bits per heavy atom. The van der Waals surface area contributed by atoms with E-state index < -0.39 is 6.04 Å². The highest BCUT2D eigenvalue weighted by Gasteiger charge is 2.30. The Morgan fingerprint density at radius 3 is 3.00 bits per heavy atom. The Morgan fingerprint density at radius 2 is 2.35 bits per heavy atom. The van der Waals surface area contributed by atoms with Crippen molar-refractivity contribution in [2.75, 3.05) is 32.8 Å². The number of nitrogens with one attached hydrogen (secondary N) is 1. The second-order valence-corrected chi connectivity index (χ2v) is 4.95. The van der Waals surface area contributed by atoms with Crippen molar-refractivity contribution in [3.8, 4) is 0 Å². The van der Waals surface area contributed by atoms with Crippen molar-refractivity contribution in [3.63, 3.8) is 0 Å². The van der Waals surface area contributed by atoms with Crippen LogP contribution in [0.15, 0.2) is 0 Å². The first kappa shape index (κ1) is 17.2. The molecule has 0 saturated carbocycles. The van der Waals surface area contributed by atoms with Gasteiger partial charge in [0, 0.05) is 26.2 Å². The summed E-state index contributed by atoms with van der Waals surface area (Å²) in [6, 6.07) is -0.439. The highest BCUT2D eigenvalue weighted by atomic mass is 35.5. The maximum atomic E-state index is 12.0. The molecular weight excluding hydrogens is 284 g/mol. The summed E-state index contributed by atoms with van der Waals surface area (Å²) in [4.78, 5) is 25.5. The number of hydrogen-bond donors (Lipinski definition) is 1. The van der Waals surface area contributed by atoms with Crippen LogP contribution in [0.1, 0.15) is 26.2 Å². The van der Waals surface area contributed by atoms with Crippen LogP contribution in [0, 0.1) is 0 Å². The molecule has 20 heavy (non-hydrogen) atoms. The molecule has 2 unspecified atom stereocenters. The van der Waals surface area contributed by atoms with Gasteiger partial charge in [0.15, 0.2) is 0 Å². The van der Waals surface area contributed by atoms with Gasteiger partial charge in [0.2, 0.25) is 5.91 Å². The maximum absolute atomic E-state index is 12.0. The molecule has 2 heterocycles. The molecular formula is C13H23ClN2O4. The fourth-order valence-electron chi connectivity index (χ4n) is 2.45. The van der Waals surface area contributed by atoms with E-state index in [-0.39, 0.29) is 36.8 Å². The van der Waals surface area contributed by atoms with Crippen LogP contribution in [-0.4, -0.2) is 61.8 Å². The minimum Gasteiger partial charge on any atom is -0.463 e. The summed E-state index contributed by atoms with van der Waals surface area (Å²) >= 11 is 0. The minimum atomic E-state index is -0.439. The average molecular weight is 307 g/mol. The summed E-state index contributed by atoms with van der Waals surface area (Å²) in [5.74, 6) is -0.345. The second-order valence-electron chi connectivity index (χ2n) is 4.95. The molecule has 0 aromatic rings. The predicted molar refractivity (Wildman–Crippen MR) is 75.8 cm³/mol. The molecule has 0 bridgehead atoms. The zero-order valence-corrected chi connectivity index (χ0v) is 12.6. The summed E-state index contributed by atoms with van der Waals surface area (Å²) in [6.07, 6.45) is 2.10. The van der Waals surface area contributed by atoms with Gasteiger partial charge in [-0.3, -0.25) is 9.59 Å². The molecule has 6 nitrogen and oxygen atoms in total. The molecule has 7 heteroatoms. The topological polar surface area (TPSA) is 67.9 Å². The molecule has 1 amide bonds. The van der Waals surface area contributed by atoms with Crippen LogP contribution in [-0.2, 0) is 19.1 Å². The zero-order chi connectivity index (χ0) is 13.7. The monoisotopic (exact) mass is 306 g/mol. The lowest BCUT2D eigenvalue weighted by atomic mass is 10.1. The molecule has 2 atom stereocenters. The van der Waals surface area contributed by atoms with E-state index in [2.05, 4.69) is 5.32 Å². The molecule has 0 spiro atoms. The highest BCUT2D eigenvalue weighted by Crippen LogP contribution is 2.13. The van der Waals surface area contributed by atoms with Crippen LogP contribution >= 0.6 is 12.4 Å². The Hall–Kier alpha value is -0.850. The number of amides is 1. The van der Waals surface area contributed by atoms with Crippen LogP contribution in [0.25, 0.3) is 0 Å². The molecule has 0 aromatic carbocycles. The Labute approximate surface area is 125 Å². The first-order valence-corrected chi connectivity index (χ1v) is 7.00. The summed E-state index contributed by atoms with van der Waals surface area (Å²) in [5, 5.41) is 3.07. The average Bonchev–Trinajstić information content (AvgIpc) is 2.92. The lowest BCUT2D eigenvalue weighted by Gasteiger charge is -2.31. The van der Waals surface area contributed by atoms with Gasteiger partial charge in [-0.25, -0.2) is 0 Å². The molecule has 116 valence electrons. The van der Waals surface area contributed by atoms with E-state index in [1.165, 1.54) is 0 Å². The molecule has 0 radical (unpaired) electrons. The fraction of sp³-hybridized carbons (Fsp3) is 0.846. The lowest BCUT2D eigenvalue weighted by Crippen LogP contribution is -2.55. The van der Waals surface area contributed by atoms with Crippen molar-refractivity contribution in [1.82, 2.24) is 10.2 Å². The number of rotatable bonds is 5. The molecule has 2 aliphatic heterocycles. The van der Waals surface area contributed by atoms with Gasteiger partial charge in [0.25, 0.3) is 0 Å². The van der Waals surface area contributed by atoms with E-state index in [1.54, 1.807) is 4.90 Å². The number of ether oxygens (including phenoxy) is 2. The summed E-state index contributed by atoms with van der Waals surface area (Å²) in [6.45, 7) is 5.10. The number of hydrogen-bond acceptors (Lipinski definition) is 5. The molecule has 0 aliphatic carbocycles. The first-order valence-electron chi connectivity index (χ1n) is 7.00. The normalized spacial score (nSPS) is 26.2. The number of esters is 1. The van der Waals surface area contributed by atoms with E-state index in [0.29, 0.717) is 19.7 Å². The van der Waals surface area contributed by atoms with Crippen molar-refractivity contribution in [2.24, 2.45) is 0 Å². The van der Waals surface area contributed by atoms with Gasteiger partial charge < -0.3 is 19.7 Å². The summed E-state index contributed by atoms with van der Waals surface area (Å²) in [5.41, 5.74) is 0. The van der Waals surface area contributed by atoms with Gasteiger partial charge in [0.05, 0.1) is 18.6 Å². The molecule has 2 rings (SSSR count). The summed E-state index contributed by atoms with van der Waals surface area (Å²) in [7, 11) is 0. The SMILES string of the molecule is CCN1CCNC(CC(=O)OCC2CCCO2)C1=O.Cl.